The Labute approximate surface area is 94.0 Å². The fraction of sp³-hybridized carbons (Fsp3) is 0.400. The first-order valence-corrected chi connectivity index (χ1v) is 5.17. The SMILES string of the molecule is COc1c(C)cc(Cl)cc1C(N)CCl. The summed E-state index contributed by atoms with van der Waals surface area (Å²) in [7, 11) is 1.61. The van der Waals surface area contributed by atoms with Crippen molar-refractivity contribution >= 4 is 23.2 Å². The van der Waals surface area contributed by atoms with Crippen molar-refractivity contribution in [3.63, 3.8) is 0 Å². The molecule has 0 amide bonds. The zero-order valence-corrected chi connectivity index (χ0v) is 9.69. The minimum absolute atomic E-state index is 0.246. The van der Waals surface area contributed by atoms with Crippen LogP contribution in [0, 0.1) is 6.92 Å². The average molecular weight is 234 g/mol. The van der Waals surface area contributed by atoms with Crippen LogP contribution in [0.2, 0.25) is 5.02 Å². The van der Waals surface area contributed by atoms with Crippen molar-refractivity contribution in [1.29, 1.82) is 0 Å². The van der Waals surface area contributed by atoms with Crippen molar-refractivity contribution in [2.75, 3.05) is 13.0 Å². The lowest BCUT2D eigenvalue weighted by molar-refractivity contribution is 0.404. The van der Waals surface area contributed by atoms with Crippen LogP contribution >= 0.6 is 23.2 Å². The van der Waals surface area contributed by atoms with Crippen LogP contribution in [0.4, 0.5) is 0 Å². The van der Waals surface area contributed by atoms with Gasteiger partial charge in [0.2, 0.25) is 0 Å². The number of aryl methyl sites for hydroxylation is 1. The molecule has 78 valence electrons. The summed E-state index contributed by atoms with van der Waals surface area (Å²) < 4.78 is 5.26. The smallest absolute Gasteiger partial charge is 0.126 e. The minimum Gasteiger partial charge on any atom is -0.496 e. The highest BCUT2D eigenvalue weighted by molar-refractivity contribution is 6.30. The van der Waals surface area contributed by atoms with Gasteiger partial charge in [-0.3, -0.25) is 0 Å². The number of nitrogens with two attached hydrogens (primary N) is 1. The van der Waals surface area contributed by atoms with E-state index in [0.29, 0.717) is 10.9 Å². The second-order valence-electron chi connectivity index (χ2n) is 3.11. The van der Waals surface area contributed by atoms with Crippen LogP contribution in [0.1, 0.15) is 17.2 Å². The maximum Gasteiger partial charge on any atom is 0.126 e. The summed E-state index contributed by atoms with van der Waals surface area (Å²) in [6, 6.07) is 3.38. The minimum atomic E-state index is -0.246. The molecule has 2 N–H and O–H groups in total. The van der Waals surface area contributed by atoms with Gasteiger partial charge in [-0.25, -0.2) is 0 Å². The van der Waals surface area contributed by atoms with Gasteiger partial charge in [0, 0.05) is 22.5 Å². The Kier molecular flexibility index (Phi) is 4.05. The van der Waals surface area contributed by atoms with E-state index in [1.807, 2.05) is 13.0 Å². The molecule has 0 aliphatic rings. The van der Waals surface area contributed by atoms with Gasteiger partial charge in [-0.1, -0.05) is 11.6 Å². The van der Waals surface area contributed by atoms with Gasteiger partial charge in [0.05, 0.1) is 7.11 Å². The molecule has 0 spiro atoms. The lowest BCUT2D eigenvalue weighted by Gasteiger charge is -2.15. The van der Waals surface area contributed by atoms with Crippen LogP contribution in [-0.4, -0.2) is 13.0 Å². The normalized spacial score (nSPS) is 12.6. The number of halogens is 2. The van der Waals surface area contributed by atoms with Crippen molar-refractivity contribution < 1.29 is 4.74 Å². The second-order valence-corrected chi connectivity index (χ2v) is 3.85. The van der Waals surface area contributed by atoms with Crippen LogP contribution in [0.5, 0.6) is 5.75 Å². The summed E-state index contributed by atoms with van der Waals surface area (Å²) in [6.45, 7) is 1.93. The zero-order valence-electron chi connectivity index (χ0n) is 8.18. The molecule has 0 saturated carbocycles. The highest BCUT2D eigenvalue weighted by Crippen LogP contribution is 2.31. The summed E-state index contributed by atoms with van der Waals surface area (Å²) in [6.07, 6.45) is 0. The molecule has 0 heterocycles. The van der Waals surface area contributed by atoms with E-state index in [-0.39, 0.29) is 6.04 Å². The van der Waals surface area contributed by atoms with Crippen molar-refractivity contribution in [3.05, 3.63) is 28.3 Å². The van der Waals surface area contributed by atoms with Gasteiger partial charge in [0.1, 0.15) is 5.75 Å². The summed E-state index contributed by atoms with van der Waals surface area (Å²) >= 11 is 11.6. The average Bonchev–Trinajstić information content (AvgIpc) is 2.15. The number of methoxy groups -OCH3 is 1. The molecule has 1 aromatic rings. The molecule has 0 radical (unpaired) electrons. The Morgan fingerprint density at radius 1 is 1.50 bits per heavy atom. The molecular formula is C10H13Cl2NO. The summed E-state index contributed by atoms with van der Waals surface area (Å²) in [5.41, 5.74) is 7.66. The van der Waals surface area contributed by atoms with Crippen LogP contribution in [0.25, 0.3) is 0 Å². The molecule has 1 rings (SSSR count). The summed E-state index contributed by atoms with van der Waals surface area (Å²) in [5, 5.41) is 0.652. The molecule has 0 bridgehead atoms. The summed E-state index contributed by atoms with van der Waals surface area (Å²) in [5.74, 6) is 1.11. The second kappa shape index (κ2) is 4.87. The predicted molar refractivity (Wildman–Crippen MR) is 60.4 cm³/mol. The van der Waals surface area contributed by atoms with E-state index in [1.54, 1.807) is 13.2 Å². The topological polar surface area (TPSA) is 35.2 Å². The predicted octanol–water partition coefficient (Wildman–Crippen LogP) is 2.90. The molecule has 1 atom stereocenters. The van der Waals surface area contributed by atoms with E-state index in [0.717, 1.165) is 16.9 Å². The van der Waals surface area contributed by atoms with Crippen molar-refractivity contribution in [1.82, 2.24) is 0 Å². The zero-order chi connectivity index (χ0) is 10.7. The Hall–Kier alpha value is -0.440. The van der Waals surface area contributed by atoms with Crippen LogP contribution in [0.15, 0.2) is 12.1 Å². The van der Waals surface area contributed by atoms with Crippen LogP contribution in [-0.2, 0) is 0 Å². The number of ether oxygens (including phenoxy) is 1. The standard InChI is InChI=1S/C10H13Cl2NO/c1-6-3-7(12)4-8(9(13)5-11)10(6)14-2/h3-4,9H,5,13H2,1-2H3. The van der Waals surface area contributed by atoms with Gasteiger partial charge in [-0.15, -0.1) is 11.6 Å². The molecule has 0 fully saturated rings. The van der Waals surface area contributed by atoms with Crippen molar-refractivity contribution in [2.24, 2.45) is 5.73 Å². The van der Waals surface area contributed by atoms with Gasteiger partial charge < -0.3 is 10.5 Å². The molecule has 0 aliphatic heterocycles. The number of rotatable bonds is 3. The fourth-order valence-corrected chi connectivity index (χ4v) is 1.84. The Bertz CT molecular complexity index is 328. The largest absolute Gasteiger partial charge is 0.496 e. The third-order valence-electron chi connectivity index (χ3n) is 2.04. The maximum atomic E-state index is 5.93. The Balaban J connectivity index is 3.24. The molecule has 0 saturated heterocycles. The lowest BCUT2D eigenvalue weighted by Crippen LogP contribution is -2.13. The van der Waals surface area contributed by atoms with E-state index >= 15 is 0 Å². The van der Waals surface area contributed by atoms with Gasteiger partial charge in [0.25, 0.3) is 0 Å². The number of alkyl halides is 1. The number of hydrogen-bond acceptors (Lipinski definition) is 2. The van der Waals surface area contributed by atoms with E-state index in [4.69, 9.17) is 33.7 Å². The molecule has 1 aromatic carbocycles. The first kappa shape index (κ1) is 11.6. The first-order chi connectivity index (χ1) is 6.60. The fourth-order valence-electron chi connectivity index (χ4n) is 1.39. The lowest BCUT2D eigenvalue weighted by atomic mass is 10.0. The molecule has 2 nitrogen and oxygen atoms in total. The van der Waals surface area contributed by atoms with Gasteiger partial charge in [-0.2, -0.15) is 0 Å². The Morgan fingerprint density at radius 2 is 2.14 bits per heavy atom. The highest BCUT2D eigenvalue weighted by atomic mass is 35.5. The number of benzene rings is 1. The molecule has 1 unspecified atom stereocenters. The maximum absolute atomic E-state index is 5.93. The van der Waals surface area contributed by atoms with Crippen LogP contribution in [0.3, 0.4) is 0 Å². The van der Waals surface area contributed by atoms with Gasteiger partial charge >= 0.3 is 0 Å². The quantitative estimate of drug-likeness (QED) is 0.816. The molecular weight excluding hydrogens is 221 g/mol. The van der Waals surface area contributed by atoms with E-state index in [2.05, 4.69) is 0 Å². The van der Waals surface area contributed by atoms with E-state index < -0.39 is 0 Å². The van der Waals surface area contributed by atoms with E-state index in [9.17, 15) is 0 Å². The monoisotopic (exact) mass is 233 g/mol. The third kappa shape index (κ3) is 2.32. The summed E-state index contributed by atoms with van der Waals surface area (Å²) in [4.78, 5) is 0. The molecule has 0 aliphatic carbocycles. The van der Waals surface area contributed by atoms with Gasteiger partial charge in [-0.05, 0) is 24.6 Å². The third-order valence-corrected chi connectivity index (χ3v) is 2.59. The molecule has 0 aromatic heterocycles. The molecule has 4 heteroatoms. The van der Waals surface area contributed by atoms with E-state index in [1.165, 1.54) is 0 Å². The van der Waals surface area contributed by atoms with Crippen molar-refractivity contribution in [3.8, 4) is 5.75 Å². The number of hydrogen-bond donors (Lipinski definition) is 1. The Morgan fingerprint density at radius 3 is 2.64 bits per heavy atom. The first-order valence-electron chi connectivity index (χ1n) is 4.25. The van der Waals surface area contributed by atoms with Gasteiger partial charge in [0.15, 0.2) is 0 Å². The van der Waals surface area contributed by atoms with Crippen LogP contribution < -0.4 is 10.5 Å². The molecule has 14 heavy (non-hydrogen) atoms. The highest BCUT2D eigenvalue weighted by Gasteiger charge is 2.13. The van der Waals surface area contributed by atoms with Crippen molar-refractivity contribution in [2.45, 2.75) is 13.0 Å².